The number of benzene rings is 1. The van der Waals surface area contributed by atoms with Crippen molar-refractivity contribution >= 4 is 35.1 Å². The number of nitrogens with zero attached hydrogens (tertiary/aromatic N) is 1. The lowest BCUT2D eigenvalue weighted by Gasteiger charge is -1.91. The minimum Gasteiger partial charge on any atom is -0.258 e. The highest BCUT2D eigenvalue weighted by molar-refractivity contribution is 6.51. The third-order valence-electron chi connectivity index (χ3n) is 1.09. The molecule has 0 heterocycles. The average molecular weight is 188 g/mol. The van der Waals surface area contributed by atoms with E-state index in [0.29, 0.717) is 0 Å². The van der Waals surface area contributed by atoms with Gasteiger partial charge in [-0.15, -0.1) is 0 Å². The van der Waals surface area contributed by atoms with Gasteiger partial charge in [0.05, 0.1) is 5.69 Å². The van der Waals surface area contributed by atoms with Gasteiger partial charge in [-0.3, -0.25) is 4.99 Å². The summed E-state index contributed by atoms with van der Waals surface area (Å²) < 4.78 is 0. The molecule has 1 aromatic rings. The molecule has 0 aliphatic carbocycles. The number of hydrogen-bond acceptors (Lipinski definition) is 1. The van der Waals surface area contributed by atoms with E-state index in [9.17, 15) is 0 Å². The normalized spacial score (nSPS) is 11.2. The van der Waals surface area contributed by atoms with Crippen LogP contribution in [0.25, 0.3) is 0 Å². The molecule has 0 spiro atoms. The molecule has 58 valence electrons. The fraction of sp³-hybridized carbons (Fsp3) is 0.125. The maximum absolute atomic E-state index is 5.44. The minimum atomic E-state index is -0.532. The molecular formula is C8H7Cl2N. The predicted octanol–water partition coefficient (Wildman–Crippen LogP) is 3.19. The highest BCUT2D eigenvalue weighted by Crippen LogP contribution is 2.10. The van der Waals surface area contributed by atoms with Crippen LogP contribution < -0.4 is 0 Å². The number of hydrogen-bond donors (Lipinski definition) is 0. The summed E-state index contributed by atoms with van der Waals surface area (Å²) in [5, 5.41) is 0. The van der Waals surface area contributed by atoms with Gasteiger partial charge in [-0.25, -0.2) is 0 Å². The Labute approximate surface area is 75.7 Å². The highest BCUT2D eigenvalue weighted by atomic mass is 35.5. The number of alkyl halides is 2. The lowest BCUT2D eigenvalue weighted by molar-refractivity contribution is 1.52. The van der Waals surface area contributed by atoms with Crippen molar-refractivity contribution in [2.24, 2.45) is 4.99 Å². The zero-order valence-corrected chi connectivity index (χ0v) is 7.26. The predicted molar refractivity (Wildman–Crippen MR) is 50.1 cm³/mol. The molecule has 1 aromatic carbocycles. The first kappa shape index (κ1) is 8.57. The smallest absolute Gasteiger partial charge is 0.142 e. The topological polar surface area (TPSA) is 12.4 Å². The summed E-state index contributed by atoms with van der Waals surface area (Å²) in [6, 6.07) is 9.51. The molecule has 0 radical (unpaired) electrons. The first-order valence-electron chi connectivity index (χ1n) is 3.16. The van der Waals surface area contributed by atoms with Gasteiger partial charge in [0.15, 0.2) is 0 Å². The maximum atomic E-state index is 5.44. The van der Waals surface area contributed by atoms with Gasteiger partial charge < -0.3 is 0 Å². The van der Waals surface area contributed by atoms with Crippen molar-refractivity contribution in [2.45, 2.75) is 4.84 Å². The first-order chi connectivity index (χ1) is 5.29. The van der Waals surface area contributed by atoms with Gasteiger partial charge >= 0.3 is 0 Å². The molecule has 0 aliphatic rings. The van der Waals surface area contributed by atoms with Gasteiger partial charge in [-0.1, -0.05) is 41.4 Å². The molecule has 0 saturated heterocycles. The Morgan fingerprint density at radius 3 is 2.36 bits per heavy atom. The Morgan fingerprint density at radius 2 is 1.82 bits per heavy atom. The fourth-order valence-corrected chi connectivity index (χ4v) is 0.769. The van der Waals surface area contributed by atoms with Crippen LogP contribution >= 0.6 is 23.2 Å². The zero-order chi connectivity index (χ0) is 8.10. The van der Waals surface area contributed by atoms with Gasteiger partial charge in [0.25, 0.3) is 0 Å². The number of para-hydroxylation sites is 1. The highest BCUT2D eigenvalue weighted by Gasteiger charge is 1.89. The summed E-state index contributed by atoms with van der Waals surface area (Å²) in [5.41, 5.74) is 0.860. The molecule has 1 rings (SSSR count). The minimum absolute atomic E-state index is 0.532. The van der Waals surface area contributed by atoms with E-state index in [1.807, 2.05) is 30.3 Å². The van der Waals surface area contributed by atoms with Gasteiger partial charge in [0.2, 0.25) is 0 Å². The largest absolute Gasteiger partial charge is 0.258 e. The molecule has 0 amide bonds. The Hall–Kier alpha value is -0.530. The Bertz CT molecular complexity index is 231. The number of aliphatic imine (C=N–C) groups is 1. The van der Waals surface area contributed by atoms with Crippen molar-refractivity contribution in [1.82, 2.24) is 0 Å². The van der Waals surface area contributed by atoms with Gasteiger partial charge in [-0.2, -0.15) is 0 Å². The van der Waals surface area contributed by atoms with Crippen LogP contribution in [0.5, 0.6) is 0 Å². The van der Waals surface area contributed by atoms with E-state index in [1.54, 1.807) is 0 Å². The Balaban J connectivity index is 2.65. The molecule has 0 unspecified atom stereocenters. The Morgan fingerprint density at radius 1 is 1.18 bits per heavy atom. The van der Waals surface area contributed by atoms with E-state index >= 15 is 0 Å². The van der Waals surface area contributed by atoms with Crippen molar-refractivity contribution in [3.63, 3.8) is 0 Å². The molecule has 0 bridgehead atoms. The van der Waals surface area contributed by atoms with E-state index in [4.69, 9.17) is 23.2 Å². The number of halogens is 2. The lowest BCUT2D eigenvalue weighted by atomic mass is 10.3. The summed E-state index contributed by atoms with van der Waals surface area (Å²) >= 11 is 10.9. The molecule has 1 nitrogen and oxygen atoms in total. The summed E-state index contributed by atoms with van der Waals surface area (Å²) in [6.45, 7) is 0. The van der Waals surface area contributed by atoms with E-state index in [0.717, 1.165) is 5.69 Å². The molecule has 0 fully saturated rings. The molecule has 0 aliphatic heterocycles. The Kier molecular flexibility index (Phi) is 3.40. The molecule has 0 aromatic heterocycles. The second kappa shape index (κ2) is 4.37. The second-order valence-corrected chi connectivity index (χ2v) is 3.11. The van der Waals surface area contributed by atoms with Crippen molar-refractivity contribution in [3.8, 4) is 0 Å². The quantitative estimate of drug-likeness (QED) is 0.499. The second-order valence-electron chi connectivity index (χ2n) is 1.95. The lowest BCUT2D eigenvalue weighted by Crippen LogP contribution is -1.84. The molecule has 3 heteroatoms. The van der Waals surface area contributed by atoms with Crippen LogP contribution in [-0.2, 0) is 0 Å². The fourth-order valence-electron chi connectivity index (χ4n) is 0.656. The monoisotopic (exact) mass is 187 g/mol. The van der Waals surface area contributed by atoms with Crippen LogP contribution in [0.3, 0.4) is 0 Å². The van der Waals surface area contributed by atoms with E-state index in [-0.39, 0.29) is 0 Å². The third-order valence-corrected chi connectivity index (χ3v) is 1.32. The molecule has 0 atom stereocenters. The van der Waals surface area contributed by atoms with Crippen molar-refractivity contribution in [3.05, 3.63) is 30.3 Å². The van der Waals surface area contributed by atoms with Crippen molar-refractivity contribution in [2.75, 3.05) is 0 Å². The molecule has 0 N–H and O–H groups in total. The van der Waals surface area contributed by atoms with E-state index < -0.39 is 4.84 Å². The van der Waals surface area contributed by atoms with E-state index in [1.165, 1.54) is 6.21 Å². The van der Waals surface area contributed by atoms with Gasteiger partial charge in [-0.05, 0) is 12.1 Å². The van der Waals surface area contributed by atoms with Crippen LogP contribution in [-0.4, -0.2) is 11.1 Å². The van der Waals surface area contributed by atoms with Crippen molar-refractivity contribution < 1.29 is 0 Å². The summed E-state index contributed by atoms with van der Waals surface area (Å²) in [7, 11) is 0. The van der Waals surface area contributed by atoms with Crippen LogP contribution in [0, 0.1) is 0 Å². The zero-order valence-electron chi connectivity index (χ0n) is 5.74. The van der Waals surface area contributed by atoms with Crippen LogP contribution in [0.15, 0.2) is 35.3 Å². The molecular weight excluding hydrogens is 181 g/mol. The van der Waals surface area contributed by atoms with Gasteiger partial charge in [0, 0.05) is 6.21 Å². The first-order valence-corrected chi connectivity index (χ1v) is 4.04. The number of rotatable bonds is 2. The molecule has 11 heavy (non-hydrogen) atoms. The maximum Gasteiger partial charge on any atom is 0.142 e. The van der Waals surface area contributed by atoms with Crippen LogP contribution in [0.4, 0.5) is 5.69 Å². The van der Waals surface area contributed by atoms with Gasteiger partial charge in [0.1, 0.15) is 4.84 Å². The SMILES string of the molecule is ClC(Cl)C=Nc1ccccc1. The van der Waals surface area contributed by atoms with E-state index in [2.05, 4.69) is 4.99 Å². The molecule has 0 saturated carbocycles. The summed E-state index contributed by atoms with van der Waals surface area (Å²) in [6.07, 6.45) is 1.48. The van der Waals surface area contributed by atoms with Crippen LogP contribution in [0.2, 0.25) is 0 Å². The van der Waals surface area contributed by atoms with Crippen molar-refractivity contribution in [1.29, 1.82) is 0 Å². The standard InChI is InChI=1S/C8H7Cl2N/c9-8(10)6-11-7-4-2-1-3-5-7/h1-6,8H. The average Bonchev–Trinajstić information content (AvgIpc) is 2.03. The summed E-state index contributed by atoms with van der Waals surface area (Å²) in [5.74, 6) is 0. The summed E-state index contributed by atoms with van der Waals surface area (Å²) in [4.78, 5) is 3.48. The van der Waals surface area contributed by atoms with Crippen LogP contribution in [0.1, 0.15) is 0 Å². The third kappa shape index (κ3) is 3.40.